The third-order valence-corrected chi connectivity index (χ3v) is 6.52. The molecule has 0 radical (unpaired) electrons. The zero-order valence-corrected chi connectivity index (χ0v) is 19.7. The number of carbonyl (C=O) groups is 3. The van der Waals surface area contributed by atoms with Gasteiger partial charge in [-0.05, 0) is 45.6 Å². The van der Waals surface area contributed by atoms with E-state index >= 15 is 0 Å². The number of hydrogen-bond acceptors (Lipinski definition) is 4. The molecule has 1 aliphatic carbocycles. The summed E-state index contributed by atoms with van der Waals surface area (Å²) < 4.78 is 5.61. The van der Waals surface area contributed by atoms with E-state index in [1.807, 2.05) is 0 Å². The van der Waals surface area contributed by atoms with Gasteiger partial charge in [-0.2, -0.15) is 0 Å². The van der Waals surface area contributed by atoms with Crippen LogP contribution in [0.2, 0.25) is 5.02 Å². The summed E-state index contributed by atoms with van der Waals surface area (Å²) in [7, 11) is 0. The normalized spacial score (nSPS) is 20.1. The fourth-order valence-corrected chi connectivity index (χ4v) is 4.73. The van der Waals surface area contributed by atoms with Crippen LogP contribution < -0.4 is 10.6 Å². The Labute approximate surface area is 195 Å². The lowest BCUT2D eigenvalue weighted by molar-refractivity contribution is -0.152. The highest BCUT2D eigenvalue weighted by molar-refractivity contribution is 6.36. The second-order valence-corrected chi connectivity index (χ2v) is 9.33. The van der Waals surface area contributed by atoms with Gasteiger partial charge in [0.05, 0.1) is 6.10 Å². The minimum atomic E-state index is -1.02. The third-order valence-electron chi connectivity index (χ3n) is 6.18. The van der Waals surface area contributed by atoms with E-state index < -0.39 is 23.9 Å². The molecule has 7 nitrogen and oxygen atoms in total. The Bertz CT molecular complexity index is 804. The number of amides is 3. The van der Waals surface area contributed by atoms with E-state index in [4.69, 9.17) is 16.3 Å². The highest BCUT2D eigenvalue weighted by Crippen LogP contribution is 2.30. The fourth-order valence-electron chi connectivity index (χ4n) is 4.49. The van der Waals surface area contributed by atoms with Crippen molar-refractivity contribution in [1.82, 2.24) is 15.5 Å². The number of ether oxygens (including phenoxy) is 1. The second-order valence-electron chi connectivity index (χ2n) is 8.92. The topological polar surface area (TPSA) is 87.7 Å². The smallest absolute Gasteiger partial charge is 0.313 e. The number of nitrogens with zero attached hydrogens (tertiary/aromatic N) is 1. The van der Waals surface area contributed by atoms with Gasteiger partial charge in [-0.15, -0.1) is 0 Å². The zero-order chi connectivity index (χ0) is 23.1. The van der Waals surface area contributed by atoms with Gasteiger partial charge in [0, 0.05) is 35.8 Å². The molecular weight excluding hydrogens is 430 g/mol. The monoisotopic (exact) mass is 463 g/mol. The average Bonchev–Trinajstić information content (AvgIpc) is 3.30. The first kappa shape index (κ1) is 24.5. The van der Waals surface area contributed by atoms with Crippen molar-refractivity contribution in [2.75, 3.05) is 13.2 Å². The quantitative estimate of drug-likeness (QED) is 0.607. The molecule has 176 valence electrons. The van der Waals surface area contributed by atoms with Crippen LogP contribution in [0.5, 0.6) is 0 Å². The van der Waals surface area contributed by atoms with Gasteiger partial charge in [0.25, 0.3) is 0 Å². The van der Waals surface area contributed by atoms with Gasteiger partial charge in [-0.3, -0.25) is 14.4 Å². The first-order valence-corrected chi connectivity index (χ1v) is 12.0. The summed E-state index contributed by atoms with van der Waals surface area (Å²) in [6.07, 6.45) is 6.79. The van der Waals surface area contributed by atoms with Crippen molar-refractivity contribution in [1.29, 1.82) is 0 Å². The van der Waals surface area contributed by atoms with E-state index in [0.29, 0.717) is 23.7 Å². The minimum absolute atomic E-state index is 0.00122. The van der Waals surface area contributed by atoms with Crippen molar-refractivity contribution < 1.29 is 19.1 Å². The van der Waals surface area contributed by atoms with Gasteiger partial charge >= 0.3 is 11.8 Å². The van der Waals surface area contributed by atoms with Gasteiger partial charge in [0.15, 0.2) is 0 Å². The molecule has 1 heterocycles. The predicted molar refractivity (Wildman–Crippen MR) is 123 cm³/mol. The van der Waals surface area contributed by atoms with Crippen LogP contribution >= 0.6 is 11.6 Å². The number of halogens is 1. The van der Waals surface area contributed by atoms with E-state index in [-0.39, 0.29) is 18.1 Å². The van der Waals surface area contributed by atoms with E-state index in [1.54, 1.807) is 38.1 Å². The molecule has 0 aromatic heterocycles. The maximum atomic E-state index is 13.4. The molecule has 2 atom stereocenters. The maximum absolute atomic E-state index is 13.4. The van der Waals surface area contributed by atoms with Crippen LogP contribution in [-0.2, 0) is 19.1 Å². The van der Waals surface area contributed by atoms with Gasteiger partial charge in [-0.25, -0.2) is 0 Å². The van der Waals surface area contributed by atoms with Crippen molar-refractivity contribution in [3.63, 3.8) is 0 Å². The van der Waals surface area contributed by atoms with Crippen LogP contribution in [0.4, 0.5) is 0 Å². The van der Waals surface area contributed by atoms with Crippen LogP contribution in [-0.4, -0.2) is 54.0 Å². The third kappa shape index (κ3) is 6.23. The molecule has 2 fully saturated rings. The second kappa shape index (κ2) is 11.7. The largest absolute Gasteiger partial charge is 0.376 e. The fraction of sp³-hybridized carbons (Fsp3) is 0.625. The molecule has 2 N–H and O–H groups in total. The number of benzene rings is 1. The predicted octanol–water partition coefficient (Wildman–Crippen LogP) is 3.36. The molecule has 3 amide bonds. The van der Waals surface area contributed by atoms with E-state index in [2.05, 4.69) is 10.6 Å². The number of rotatable bonds is 7. The molecule has 1 aromatic rings. The van der Waals surface area contributed by atoms with Gasteiger partial charge in [-0.1, -0.05) is 49.1 Å². The molecular formula is C24H34ClN3O4. The summed E-state index contributed by atoms with van der Waals surface area (Å²) in [6.45, 7) is 4.63. The van der Waals surface area contributed by atoms with Crippen LogP contribution in [0.3, 0.4) is 0 Å². The molecule has 1 aromatic carbocycles. The minimum Gasteiger partial charge on any atom is -0.376 e. The number of nitrogens with one attached hydrogen (secondary N) is 2. The Morgan fingerprint density at radius 2 is 1.81 bits per heavy atom. The van der Waals surface area contributed by atoms with Crippen LogP contribution in [0.15, 0.2) is 24.3 Å². The van der Waals surface area contributed by atoms with Crippen LogP contribution in [0.25, 0.3) is 0 Å². The summed E-state index contributed by atoms with van der Waals surface area (Å²) in [5.74, 6) is -1.77. The summed E-state index contributed by atoms with van der Waals surface area (Å²) >= 11 is 6.44. The lowest BCUT2D eigenvalue weighted by Crippen LogP contribution is -2.53. The molecule has 0 bridgehead atoms. The molecule has 1 saturated heterocycles. The Morgan fingerprint density at radius 1 is 1.09 bits per heavy atom. The van der Waals surface area contributed by atoms with E-state index in [9.17, 15) is 14.4 Å². The molecule has 32 heavy (non-hydrogen) atoms. The maximum Gasteiger partial charge on any atom is 0.313 e. The van der Waals surface area contributed by atoms with Crippen molar-refractivity contribution in [3.05, 3.63) is 34.9 Å². The molecule has 2 aliphatic rings. The van der Waals surface area contributed by atoms with Crippen LogP contribution in [0, 0.1) is 0 Å². The zero-order valence-electron chi connectivity index (χ0n) is 18.9. The molecule has 1 aliphatic heterocycles. The van der Waals surface area contributed by atoms with Gasteiger partial charge in [0.1, 0.15) is 6.04 Å². The molecule has 0 spiro atoms. The first-order chi connectivity index (χ1) is 15.4. The van der Waals surface area contributed by atoms with Gasteiger partial charge < -0.3 is 20.3 Å². The van der Waals surface area contributed by atoms with E-state index in [0.717, 1.165) is 44.9 Å². The number of hydrogen-bond donors (Lipinski definition) is 2. The van der Waals surface area contributed by atoms with Crippen LogP contribution in [0.1, 0.15) is 70.4 Å². The Morgan fingerprint density at radius 3 is 2.44 bits per heavy atom. The molecule has 8 heteroatoms. The summed E-state index contributed by atoms with van der Waals surface area (Å²) in [5.41, 5.74) is 0.492. The average molecular weight is 464 g/mol. The first-order valence-electron chi connectivity index (χ1n) is 11.7. The van der Waals surface area contributed by atoms with Crippen molar-refractivity contribution in [3.8, 4) is 0 Å². The summed E-state index contributed by atoms with van der Waals surface area (Å²) in [5, 5.41) is 6.16. The highest BCUT2D eigenvalue weighted by Gasteiger charge is 2.38. The summed E-state index contributed by atoms with van der Waals surface area (Å²) in [6, 6.07) is 5.53. The van der Waals surface area contributed by atoms with E-state index in [1.165, 1.54) is 4.90 Å². The lowest BCUT2D eigenvalue weighted by Gasteiger charge is -2.35. The number of carbonyl (C=O) groups excluding carboxylic acids is 3. The highest BCUT2D eigenvalue weighted by atomic mass is 35.5. The van der Waals surface area contributed by atoms with Gasteiger partial charge in [0.2, 0.25) is 5.91 Å². The Balaban J connectivity index is 1.83. The molecule has 0 unspecified atom stereocenters. The lowest BCUT2D eigenvalue weighted by atomic mass is 9.95. The standard InChI is InChI=1S/C24H34ClN3O4/c1-16(2)28(24(31)23(30)27-17-9-4-3-5-10-17)21(19-12-6-7-13-20(19)25)22(29)26-15-18-11-8-14-32-18/h6-7,12-13,16-18,21H,3-5,8-11,14-15H2,1-2H3,(H,26,29)(H,27,30)/t18-,21-/m1/s1. The Hall–Kier alpha value is -2.12. The summed E-state index contributed by atoms with van der Waals surface area (Å²) in [4.78, 5) is 40.9. The van der Waals surface area contributed by atoms with Crippen molar-refractivity contribution in [2.24, 2.45) is 0 Å². The Kier molecular flexibility index (Phi) is 8.93. The molecule has 1 saturated carbocycles. The van der Waals surface area contributed by atoms with Crippen molar-refractivity contribution in [2.45, 2.75) is 83.0 Å². The molecule has 3 rings (SSSR count). The SMILES string of the molecule is CC(C)N(C(=O)C(=O)NC1CCCCC1)[C@@H](C(=O)NC[C@H]1CCCO1)c1ccccc1Cl. The van der Waals surface area contributed by atoms with Crippen molar-refractivity contribution >= 4 is 29.3 Å².